The van der Waals surface area contributed by atoms with E-state index in [0.717, 1.165) is 11.1 Å². The van der Waals surface area contributed by atoms with Gasteiger partial charge >= 0.3 is 0 Å². The van der Waals surface area contributed by atoms with Crippen molar-refractivity contribution in [1.29, 1.82) is 0 Å². The van der Waals surface area contributed by atoms with Crippen molar-refractivity contribution in [2.45, 2.75) is 45.4 Å². The minimum absolute atomic E-state index is 0.101. The van der Waals surface area contributed by atoms with Crippen LogP contribution in [0.5, 0.6) is 11.6 Å². The molecule has 1 aromatic heterocycles. The fourth-order valence-electron chi connectivity index (χ4n) is 1.95. The summed E-state index contributed by atoms with van der Waals surface area (Å²) in [4.78, 5) is 4.33. The highest BCUT2D eigenvalue weighted by molar-refractivity contribution is 7.90. The lowest BCUT2D eigenvalue weighted by molar-refractivity contribution is 0.456. The van der Waals surface area contributed by atoms with Crippen molar-refractivity contribution in [3.8, 4) is 11.6 Å². The molecule has 0 aliphatic rings. The van der Waals surface area contributed by atoms with E-state index in [-0.39, 0.29) is 16.6 Å². The molecule has 24 heavy (non-hydrogen) atoms. The van der Waals surface area contributed by atoms with Crippen LogP contribution in [0.1, 0.15) is 44.9 Å². The summed E-state index contributed by atoms with van der Waals surface area (Å²) in [7, 11) is 0. The highest BCUT2D eigenvalue weighted by Gasteiger charge is 2.28. The standard InChI is InChI=1S/C18H23FN2O2S/c1-12-10-14(13(2)21-24(22)18(3,4)5)11-20-17(12)23-16-8-6-15(19)7-9-16/h6-11,13,21H,1-5H3/t13-,24?/m1/s1. The number of hydrogen-bond acceptors (Lipinski definition) is 4. The maximum atomic E-state index is 12.9. The van der Waals surface area contributed by atoms with Crippen molar-refractivity contribution in [2.24, 2.45) is 0 Å². The molecule has 1 aromatic carbocycles. The van der Waals surface area contributed by atoms with Gasteiger partial charge in [-0.05, 0) is 70.5 Å². The molecule has 0 saturated heterocycles. The summed E-state index contributed by atoms with van der Waals surface area (Å²) in [6.45, 7) is 9.60. The van der Waals surface area contributed by atoms with Gasteiger partial charge in [-0.15, -0.1) is 4.72 Å². The summed E-state index contributed by atoms with van der Waals surface area (Å²) in [5, 5.41) is 0. The molecule has 4 nitrogen and oxygen atoms in total. The number of aryl methyl sites for hydroxylation is 1. The maximum absolute atomic E-state index is 12.9. The van der Waals surface area contributed by atoms with E-state index in [1.807, 2.05) is 40.7 Å². The smallest absolute Gasteiger partial charge is 0.222 e. The molecule has 0 bridgehead atoms. The highest BCUT2D eigenvalue weighted by Crippen LogP contribution is 2.26. The van der Waals surface area contributed by atoms with Gasteiger partial charge in [0.2, 0.25) is 5.88 Å². The van der Waals surface area contributed by atoms with Gasteiger partial charge in [-0.1, -0.05) is 0 Å². The number of halogens is 1. The van der Waals surface area contributed by atoms with Crippen molar-refractivity contribution in [1.82, 2.24) is 9.71 Å². The molecule has 1 unspecified atom stereocenters. The first-order valence-electron chi connectivity index (χ1n) is 7.75. The highest BCUT2D eigenvalue weighted by atomic mass is 32.2. The van der Waals surface area contributed by atoms with Crippen molar-refractivity contribution in [2.75, 3.05) is 0 Å². The van der Waals surface area contributed by atoms with Gasteiger partial charge in [-0.25, -0.2) is 9.37 Å². The van der Waals surface area contributed by atoms with Gasteiger partial charge < -0.3 is 9.29 Å². The van der Waals surface area contributed by atoms with Crippen LogP contribution in [-0.4, -0.2) is 14.3 Å². The number of ether oxygens (including phenoxy) is 1. The molecule has 2 aromatic rings. The Morgan fingerprint density at radius 3 is 2.42 bits per heavy atom. The second-order valence-corrected chi connectivity index (χ2v) is 8.67. The zero-order chi connectivity index (χ0) is 17.9. The SMILES string of the molecule is Cc1cc([C@@H](C)N[S+]([O-])C(C)(C)C)cnc1Oc1ccc(F)cc1. The summed E-state index contributed by atoms with van der Waals surface area (Å²) in [5.41, 5.74) is 1.78. The molecule has 0 fully saturated rings. The van der Waals surface area contributed by atoms with E-state index in [1.54, 1.807) is 18.3 Å². The van der Waals surface area contributed by atoms with Crippen LogP contribution < -0.4 is 9.46 Å². The van der Waals surface area contributed by atoms with Gasteiger partial charge in [0.1, 0.15) is 16.3 Å². The molecule has 0 aliphatic carbocycles. The molecule has 0 saturated carbocycles. The fraction of sp³-hybridized carbons (Fsp3) is 0.389. The van der Waals surface area contributed by atoms with E-state index in [1.165, 1.54) is 12.1 Å². The first-order valence-corrected chi connectivity index (χ1v) is 8.90. The summed E-state index contributed by atoms with van der Waals surface area (Å²) >= 11 is -1.16. The van der Waals surface area contributed by atoms with Crippen molar-refractivity contribution in [3.05, 3.63) is 53.5 Å². The number of hydrogen-bond donors (Lipinski definition) is 1. The predicted molar refractivity (Wildman–Crippen MR) is 94.9 cm³/mol. The molecule has 0 radical (unpaired) electrons. The molecule has 2 rings (SSSR count). The van der Waals surface area contributed by atoms with Gasteiger partial charge in [0, 0.05) is 23.1 Å². The normalized spacial score (nSPS) is 14.3. The average Bonchev–Trinajstić information content (AvgIpc) is 2.50. The maximum Gasteiger partial charge on any atom is 0.222 e. The molecule has 6 heteroatoms. The lowest BCUT2D eigenvalue weighted by atomic mass is 10.1. The van der Waals surface area contributed by atoms with E-state index in [9.17, 15) is 8.94 Å². The van der Waals surface area contributed by atoms with E-state index in [2.05, 4.69) is 9.71 Å². The largest absolute Gasteiger partial charge is 0.598 e. The van der Waals surface area contributed by atoms with Crippen LogP contribution in [0.2, 0.25) is 0 Å². The first kappa shape index (κ1) is 18.7. The number of aromatic nitrogens is 1. The Bertz CT molecular complexity index is 686. The van der Waals surface area contributed by atoms with Crippen LogP contribution in [-0.2, 0) is 11.4 Å². The number of benzene rings is 1. The first-order chi connectivity index (χ1) is 11.2. The lowest BCUT2D eigenvalue weighted by Crippen LogP contribution is -2.40. The van der Waals surface area contributed by atoms with Crippen molar-refractivity contribution < 1.29 is 13.7 Å². The Labute approximate surface area is 145 Å². The number of nitrogens with one attached hydrogen (secondary N) is 1. The van der Waals surface area contributed by atoms with Crippen molar-refractivity contribution in [3.63, 3.8) is 0 Å². The summed E-state index contributed by atoms with van der Waals surface area (Å²) in [5.74, 6) is 0.684. The predicted octanol–water partition coefficient (Wildman–Crippen LogP) is 4.43. The number of rotatable bonds is 5. The second-order valence-electron chi connectivity index (χ2n) is 6.67. The van der Waals surface area contributed by atoms with E-state index in [0.29, 0.717) is 11.6 Å². The molecule has 0 aliphatic heterocycles. The van der Waals surface area contributed by atoms with Crippen LogP contribution in [0.25, 0.3) is 0 Å². The summed E-state index contributed by atoms with van der Waals surface area (Å²) in [6.07, 6.45) is 1.70. The zero-order valence-corrected chi connectivity index (χ0v) is 15.4. The van der Waals surface area contributed by atoms with Gasteiger partial charge in [-0.3, -0.25) is 0 Å². The molecule has 1 heterocycles. The van der Waals surface area contributed by atoms with Crippen LogP contribution >= 0.6 is 0 Å². The summed E-state index contributed by atoms with van der Waals surface area (Å²) < 4.78 is 33.6. The van der Waals surface area contributed by atoms with E-state index in [4.69, 9.17) is 4.74 Å². The van der Waals surface area contributed by atoms with Crippen molar-refractivity contribution >= 4 is 11.4 Å². The minimum Gasteiger partial charge on any atom is -0.598 e. The summed E-state index contributed by atoms with van der Waals surface area (Å²) in [6, 6.07) is 7.64. The lowest BCUT2D eigenvalue weighted by Gasteiger charge is -2.26. The van der Waals surface area contributed by atoms with Gasteiger partial charge in [0.15, 0.2) is 0 Å². The van der Waals surface area contributed by atoms with Crippen LogP contribution in [0.3, 0.4) is 0 Å². The Morgan fingerprint density at radius 2 is 1.88 bits per heavy atom. The molecule has 0 spiro atoms. The third-order valence-corrected chi connectivity index (χ3v) is 5.10. The number of pyridine rings is 1. The molecule has 130 valence electrons. The van der Waals surface area contributed by atoms with Crippen LogP contribution in [0.15, 0.2) is 36.5 Å². The minimum atomic E-state index is -1.16. The average molecular weight is 350 g/mol. The third-order valence-electron chi connectivity index (χ3n) is 3.42. The number of nitrogens with zero attached hydrogens (tertiary/aromatic N) is 1. The van der Waals surface area contributed by atoms with Gasteiger partial charge in [-0.2, -0.15) is 0 Å². The molecular formula is C18H23FN2O2S. The zero-order valence-electron chi connectivity index (χ0n) is 14.6. The molecule has 2 atom stereocenters. The van der Waals surface area contributed by atoms with E-state index < -0.39 is 11.4 Å². The molecule has 1 N–H and O–H groups in total. The fourth-order valence-corrected chi connectivity index (χ4v) is 2.76. The Kier molecular flexibility index (Phi) is 5.85. The van der Waals surface area contributed by atoms with Gasteiger partial charge in [0.25, 0.3) is 0 Å². The second kappa shape index (κ2) is 7.51. The van der Waals surface area contributed by atoms with Gasteiger partial charge in [0.05, 0.1) is 6.04 Å². The Hall–Kier alpha value is -1.63. The Balaban J connectivity index is 2.10. The monoisotopic (exact) mass is 350 g/mol. The topological polar surface area (TPSA) is 57.2 Å². The Morgan fingerprint density at radius 1 is 1.25 bits per heavy atom. The van der Waals surface area contributed by atoms with E-state index >= 15 is 0 Å². The molecule has 0 amide bonds. The quantitative estimate of drug-likeness (QED) is 0.810. The van der Waals surface area contributed by atoms with Crippen LogP contribution in [0, 0.1) is 12.7 Å². The van der Waals surface area contributed by atoms with Crippen LogP contribution in [0.4, 0.5) is 4.39 Å². The third kappa shape index (κ3) is 4.93. The molecular weight excluding hydrogens is 327 g/mol.